The van der Waals surface area contributed by atoms with Crippen molar-refractivity contribution in [2.45, 2.75) is 44.9 Å². The third-order valence-corrected chi connectivity index (χ3v) is 3.41. The third kappa shape index (κ3) is 6.91. The van der Waals surface area contributed by atoms with Gasteiger partial charge < -0.3 is 9.80 Å². The van der Waals surface area contributed by atoms with Crippen LogP contribution in [0.15, 0.2) is 0 Å². The first-order valence-electron chi connectivity index (χ1n) is 6.66. The lowest BCUT2D eigenvalue weighted by molar-refractivity contribution is 0.309. The fourth-order valence-electron chi connectivity index (χ4n) is 2.28. The van der Waals surface area contributed by atoms with E-state index >= 15 is 0 Å². The summed E-state index contributed by atoms with van der Waals surface area (Å²) in [5.41, 5.74) is 0. The van der Waals surface area contributed by atoms with Crippen LogP contribution in [0.25, 0.3) is 0 Å². The maximum atomic E-state index is 2.50. The first-order chi connectivity index (χ1) is 7.29. The average Bonchev–Trinajstić information content (AvgIpc) is 2.23. The highest BCUT2D eigenvalue weighted by atomic mass is 15.1. The molecule has 2 heteroatoms. The fourth-order valence-corrected chi connectivity index (χ4v) is 2.28. The topological polar surface area (TPSA) is 6.48 Å². The number of hydrogen-bond donors (Lipinski definition) is 0. The third-order valence-electron chi connectivity index (χ3n) is 3.41. The molecule has 1 fully saturated rings. The first kappa shape index (κ1) is 13.0. The molecular formula is C13H28N2. The highest BCUT2D eigenvalue weighted by molar-refractivity contribution is 4.58. The number of hydrogen-bond acceptors (Lipinski definition) is 2. The van der Waals surface area contributed by atoms with Crippen molar-refractivity contribution in [3.8, 4) is 0 Å². The van der Waals surface area contributed by atoms with Crippen LogP contribution in [0.3, 0.4) is 0 Å². The van der Waals surface area contributed by atoms with Gasteiger partial charge in [-0.25, -0.2) is 0 Å². The molecule has 0 unspecified atom stereocenters. The van der Waals surface area contributed by atoms with Crippen LogP contribution in [-0.4, -0.2) is 50.1 Å². The number of rotatable bonds is 0. The van der Waals surface area contributed by atoms with E-state index in [2.05, 4.69) is 23.9 Å². The summed E-state index contributed by atoms with van der Waals surface area (Å²) in [5, 5.41) is 0. The summed E-state index contributed by atoms with van der Waals surface area (Å²) in [6, 6.07) is 0. The Kier molecular flexibility index (Phi) is 7.03. The lowest BCUT2D eigenvalue weighted by Crippen LogP contribution is -2.21. The van der Waals surface area contributed by atoms with E-state index < -0.39 is 0 Å². The van der Waals surface area contributed by atoms with Gasteiger partial charge in [-0.05, 0) is 66.0 Å². The maximum absolute atomic E-state index is 2.50. The maximum Gasteiger partial charge on any atom is -0.00218 e. The van der Waals surface area contributed by atoms with Gasteiger partial charge in [0.05, 0.1) is 0 Å². The molecule has 0 aromatic carbocycles. The van der Waals surface area contributed by atoms with Gasteiger partial charge in [0, 0.05) is 0 Å². The molecule has 0 aromatic rings. The minimum Gasteiger partial charge on any atom is -0.306 e. The van der Waals surface area contributed by atoms with Crippen molar-refractivity contribution in [2.75, 3.05) is 40.3 Å². The lowest BCUT2D eigenvalue weighted by atomic mass is 10.2. The molecular weight excluding hydrogens is 184 g/mol. The second-order valence-electron chi connectivity index (χ2n) is 5.08. The zero-order valence-electron chi connectivity index (χ0n) is 10.7. The molecule has 1 rings (SSSR count). The zero-order valence-corrected chi connectivity index (χ0v) is 10.7. The van der Waals surface area contributed by atoms with Gasteiger partial charge in [0.15, 0.2) is 0 Å². The van der Waals surface area contributed by atoms with Crippen LogP contribution in [0.1, 0.15) is 44.9 Å². The van der Waals surface area contributed by atoms with E-state index in [1.807, 2.05) is 0 Å². The van der Waals surface area contributed by atoms with E-state index in [-0.39, 0.29) is 0 Å². The largest absolute Gasteiger partial charge is 0.306 e. The standard InChI is InChI=1S/C13H28N2/c1-14-10-6-3-4-7-11-15(2)13-9-5-8-12-14/h3-13H2,1-2H3. The summed E-state index contributed by atoms with van der Waals surface area (Å²) in [6.45, 7) is 5.19. The summed E-state index contributed by atoms with van der Waals surface area (Å²) in [6.07, 6.45) is 9.76. The molecule has 0 aliphatic carbocycles. The first-order valence-corrected chi connectivity index (χ1v) is 6.66. The van der Waals surface area contributed by atoms with Crippen LogP contribution in [0.5, 0.6) is 0 Å². The highest BCUT2D eigenvalue weighted by Gasteiger charge is 2.02. The summed E-state index contributed by atoms with van der Waals surface area (Å²) < 4.78 is 0. The monoisotopic (exact) mass is 212 g/mol. The van der Waals surface area contributed by atoms with E-state index in [1.54, 1.807) is 0 Å². The van der Waals surface area contributed by atoms with Crippen LogP contribution < -0.4 is 0 Å². The summed E-state index contributed by atoms with van der Waals surface area (Å²) >= 11 is 0. The van der Waals surface area contributed by atoms with Crippen molar-refractivity contribution in [1.82, 2.24) is 9.80 Å². The predicted molar refractivity (Wildman–Crippen MR) is 67.3 cm³/mol. The number of nitrogens with zero attached hydrogens (tertiary/aromatic N) is 2. The van der Waals surface area contributed by atoms with Gasteiger partial charge in [0.2, 0.25) is 0 Å². The van der Waals surface area contributed by atoms with Crippen molar-refractivity contribution in [1.29, 1.82) is 0 Å². The van der Waals surface area contributed by atoms with Crippen molar-refractivity contribution in [3.05, 3.63) is 0 Å². The van der Waals surface area contributed by atoms with Crippen molar-refractivity contribution in [3.63, 3.8) is 0 Å². The molecule has 15 heavy (non-hydrogen) atoms. The SMILES string of the molecule is CN1CCCCCCN(C)CCCCC1. The van der Waals surface area contributed by atoms with E-state index in [0.717, 1.165) is 0 Å². The highest BCUT2D eigenvalue weighted by Crippen LogP contribution is 2.06. The Labute approximate surface area is 95.6 Å². The molecule has 2 nitrogen and oxygen atoms in total. The van der Waals surface area contributed by atoms with Gasteiger partial charge in [-0.2, -0.15) is 0 Å². The quantitative estimate of drug-likeness (QED) is 0.609. The molecule has 0 spiro atoms. The Hall–Kier alpha value is -0.0800. The van der Waals surface area contributed by atoms with Crippen LogP contribution in [0.2, 0.25) is 0 Å². The Bertz CT molecular complexity index is 131. The van der Waals surface area contributed by atoms with Gasteiger partial charge in [-0.3, -0.25) is 0 Å². The zero-order chi connectivity index (χ0) is 10.9. The smallest absolute Gasteiger partial charge is 0.00218 e. The van der Waals surface area contributed by atoms with Crippen LogP contribution in [-0.2, 0) is 0 Å². The van der Waals surface area contributed by atoms with Gasteiger partial charge >= 0.3 is 0 Å². The lowest BCUT2D eigenvalue weighted by Gasteiger charge is -2.16. The normalized spacial score (nSPS) is 25.2. The molecule has 1 aliphatic heterocycles. The van der Waals surface area contributed by atoms with Crippen LogP contribution >= 0.6 is 0 Å². The predicted octanol–water partition coefficient (Wildman–Crippen LogP) is 2.59. The minimum absolute atomic E-state index is 1.30. The molecule has 90 valence electrons. The van der Waals surface area contributed by atoms with Crippen molar-refractivity contribution in [2.24, 2.45) is 0 Å². The molecule has 0 saturated carbocycles. The van der Waals surface area contributed by atoms with Crippen molar-refractivity contribution < 1.29 is 0 Å². The molecule has 0 bridgehead atoms. The second kappa shape index (κ2) is 8.12. The minimum atomic E-state index is 1.30. The summed E-state index contributed by atoms with van der Waals surface area (Å²) in [4.78, 5) is 5.00. The Morgan fingerprint density at radius 3 is 1.07 bits per heavy atom. The molecule has 1 heterocycles. The molecule has 1 saturated heterocycles. The van der Waals surface area contributed by atoms with Gasteiger partial charge in [0.25, 0.3) is 0 Å². The van der Waals surface area contributed by atoms with E-state index in [4.69, 9.17) is 0 Å². The summed E-state index contributed by atoms with van der Waals surface area (Å²) in [5.74, 6) is 0. The summed E-state index contributed by atoms with van der Waals surface area (Å²) in [7, 11) is 4.54. The van der Waals surface area contributed by atoms with E-state index in [0.29, 0.717) is 0 Å². The van der Waals surface area contributed by atoms with E-state index in [1.165, 1.54) is 71.1 Å². The molecule has 0 radical (unpaired) electrons. The molecule has 0 N–H and O–H groups in total. The van der Waals surface area contributed by atoms with E-state index in [9.17, 15) is 0 Å². The molecule has 1 aliphatic rings. The van der Waals surface area contributed by atoms with Gasteiger partial charge in [-0.15, -0.1) is 0 Å². The Balaban J connectivity index is 2.20. The molecule has 0 aromatic heterocycles. The van der Waals surface area contributed by atoms with Crippen molar-refractivity contribution >= 4 is 0 Å². The molecule has 0 atom stereocenters. The van der Waals surface area contributed by atoms with Gasteiger partial charge in [-0.1, -0.05) is 19.3 Å². The second-order valence-corrected chi connectivity index (χ2v) is 5.08. The Morgan fingerprint density at radius 2 is 0.733 bits per heavy atom. The average molecular weight is 212 g/mol. The molecule has 0 amide bonds. The van der Waals surface area contributed by atoms with Crippen LogP contribution in [0, 0.1) is 0 Å². The Morgan fingerprint density at radius 1 is 0.467 bits per heavy atom. The van der Waals surface area contributed by atoms with Crippen LogP contribution in [0.4, 0.5) is 0 Å². The van der Waals surface area contributed by atoms with Gasteiger partial charge in [0.1, 0.15) is 0 Å². The fraction of sp³-hybridized carbons (Fsp3) is 1.00.